The molecule has 0 aromatic heterocycles. The summed E-state index contributed by atoms with van der Waals surface area (Å²) < 4.78 is 21.6. The van der Waals surface area contributed by atoms with E-state index in [9.17, 15) is 30.3 Å². The van der Waals surface area contributed by atoms with Gasteiger partial charge in [0.05, 0.1) is 19.3 Å². The van der Waals surface area contributed by atoms with Crippen LogP contribution in [0.2, 0.25) is 0 Å². The zero-order chi connectivity index (χ0) is 20.3. The number of ether oxygens (including phenoxy) is 4. The molecule has 8 N–H and O–H groups in total. The lowest BCUT2D eigenvalue weighted by Gasteiger charge is -2.47. The highest BCUT2D eigenvalue weighted by Gasteiger charge is 2.50. The van der Waals surface area contributed by atoms with Crippen molar-refractivity contribution in [2.45, 2.75) is 68.2 Å². The van der Waals surface area contributed by atoms with E-state index >= 15 is 0 Å². The topological polar surface area (TPSA) is 193 Å². The average molecular weight is 396 g/mol. The summed E-state index contributed by atoms with van der Waals surface area (Å²) in [4.78, 5) is 11.5. The Labute approximate surface area is 155 Å². The summed E-state index contributed by atoms with van der Waals surface area (Å²) >= 11 is 0. The van der Waals surface area contributed by atoms with Gasteiger partial charge in [0.1, 0.15) is 42.7 Å². The van der Waals surface area contributed by atoms with Crippen LogP contribution in [0.5, 0.6) is 0 Å². The van der Waals surface area contributed by atoms with Crippen LogP contribution in [0.15, 0.2) is 0 Å². The molecule has 0 saturated carbocycles. The van der Waals surface area contributed by atoms with E-state index in [1.54, 1.807) is 0 Å². The molecule has 12 heteroatoms. The highest BCUT2D eigenvalue weighted by Crippen LogP contribution is 2.29. The molecule has 10 atom stereocenters. The Hall–Kier alpha value is -0.930. The van der Waals surface area contributed by atoms with Crippen LogP contribution in [0.4, 0.5) is 0 Å². The molecule has 0 aromatic carbocycles. The van der Waals surface area contributed by atoms with Gasteiger partial charge in [-0.1, -0.05) is 0 Å². The molecule has 27 heavy (non-hydrogen) atoms. The third-order valence-electron chi connectivity index (χ3n) is 4.71. The van der Waals surface area contributed by atoms with E-state index in [-0.39, 0.29) is 0 Å². The quantitative estimate of drug-likeness (QED) is 0.228. The van der Waals surface area contributed by atoms with Gasteiger partial charge in [-0.15, -0.1) is 0 Å². The van der Waals surface area contributed by atoms with E-state index in [0.717, 1.165) is 0 Å². The van der Waals surface area contributed by atoms with Crippen LogP contribution in [0.25, 0.3) is 0 Å². The van der Waals surface area contributed by atoms with Gasteiger partial charge in [-0.05, 0) is 0 Å². The molecule has 2 heterocycles. The van der Waals surface area contributed by atoms with E-state index in [0.29, 0.717) is 0 Å². The number of amides is 1. The fourth-order valence-electron chi connectivity index (χ4n) is 3.29. The van der Waals surface area contributed by atoms with Gasteiger partial charge in [0.25, 0.3) is 0 Å². The summed E-state index contributed by atoms with van der Waals surface area (Å²) in [6.07, 6.45) is -9.87. The van der Waals surface area contributed by atoms with Gasteiger partial charge in [-0.25, -0.2) is 0 Å². The zero-order valence-electron chi connectivity index (χ0n) is 15.0. The Morgan fingerprint density at radius 2 is 1.67 bits per heavy atom. The minimum absolute atomic E-state index is 0.486. The largest absolute Gasteiger partial charge is 0.394 e. The van der Waals surface area contributed by atoms with Gasteiger partial charge in [0, 0.05) is 14.0 Å². The van der Waals surface area contributed by atoms with Gasteiger partial charge < -0.3 is 55.5 Å². The number of hydrogen-bond donors (Lipinski definition) is 7. The third kappa shape index (κ3) is 4.74. The van der Waals surface area contributed by atoms with Gasteiger partial charge in [-0.3, -0.25) is 4.79 Å². The van der Waals surface area contributed by atoms with Gasteiger partial charge in [-0.2, -0.15) is 0 Å². The fraction of sp³-hybridized carbons (Fsp3) is 0.933. The third-order valence-corrected chi connectivity index (χ3v) is 4.71. The second-order valence-electron chi connectivity index (χ2n) is 6.56. The van der Waals surface area contributed by atoms with Crippen molar-refractivity contribution in [3.8, 4) is 0 Å². The van der Waals surface area contributed by atoms with Crippen LogP contribution >= 0.6 is 0 Å². The lowest BCUT2D eigenvalue weighted by molar-refractivity contribution is -0.327. The SMILES string of the molecule is CO[C@@H]1C(CO)O[C@@H](O[C@@H]2C(CO)O[C@@H](O)C(N)C2O)[C@@H](NC(C)=O)C1O. The molecule has 0 bridgehead atoms. The maximum atomic E-state index is 11.5. The molecule has 158 valence electrons. The predicted molar refractivity (Wildman–Crippen MR) is 87.0 cm³/mol. The van der Waals surface area contributed by atoms with Crippen molar-refractivity contribution in [3.63, 3.8) is 0 Å². The van der Waals surface area contributed by atoms with Crippen LogP contribution in [-0.2, 0) is 23.7 Å². The van der Waals surface area contributed by atoms with Gasteiger partial charge >= 0.3 is 0 Å². The summed E-state index contributed by atoms with van der Waals surface area (Å²) in [5.41, 5.74) is 5.67. The van der Waals surface area contributed by atoms with Crippen LogP contribution in [0.3, 0.4) is 0 Å². The Morgan fingerprint density at radius 3 is 2.19 bits per heavy atom. The second kappa shape index (κ2) is 9.52. The second-order valence-corrected chi connectivity index (χ2v) is 6.56. The normalized spacial score (nSPS) is 45.5. The number of carbonyl (C=O) groups excluding carboxylic acids is 1. The first-order valence-corrected chi connectivity index (χ1v) is 8.52. The van der Waals surface area contributed by atoms with Crippen molar-refractivity contribution in [2.24, 2.45) is 5.73 Å². The molecule has 0 aromatic rings. The lowest BCUT2D eigenvalue weighted by Crippen LogP contribution is -2.68. The minimum atomic E-state index is -1.51. The van der Waals surface area contributed by atoms with Crippen LogP contribution < -0.4 is 11.1 Å². The molecule has 2 aliphatic rings. The summed E-state index contributed by atoms with van der Waals surface area (Å²) in [5, 5.41) is 52.0. The maximum absolute atomic E-state index is 11.5. The van der Waals surface area contributed by atoms with Crippen molar-refractivity contribution in [3.05, 3.63) is 0 Å². The number of aliphatic hydroxyl groups excluding tert-OH is 5. The molecule has 2 aliphatic heterocycles. The molecular weight excluding hydrogens is 368 g/mol. The highest BCUT2D eigenvalue weighted by atomic mass is 16.7. The van der Waals surface area contributed by atoms with E-state index in [4.69, 9.17) is 24.7 Å². The molecular formula is C15H28N2O10. The van der Waals surface area contributed by atoms with Crippen LogP contribution in [0.1, 0.15) is 6.92 Å². The first kappa shape index (κ1) is 22.4. The van der Waals surface area contributed by atoms with Crippen LogP contribution in [-0.4, -0.2) is 113 Å². The highest BCUT2D eigenvalue weighted by molar-refractivity contribution is 5.73. The Balaban J connectivity index is 2.24. The van der Waals surface area contributed by atoms with Crippen molar-refractivity contribution in [1.82, 2.24) is 5.32 Å². The molecule has 1 amide bonds. The number of nitrogens with one attached hydrogen (secondary N) is 1. The van der Waals surface area contributed by atoms with E-state index in [1.165, 1.54) is 14.0 Å². The van der Waals surface area contributed by atoms with Crippen molar-refractivity contribution < 1.29 is 49.3 Å². The smallest absolute Gasteiger partial charge is 0.217 e. The fourth-order valence-corrected chi connectivity index (χ4v) is 3.29. The Kier molecular flexibility index (Phi) is 7.88. The van der Waals surface area contributed by atoms with Crippen molar-refractivity contribution in [1.29, 1.82) is 0 Å². The predicted octanol–water partition coefficient (Wildman–Crippen LogP) is -4.63. The van der Waals surface area contributed by atoms with E-state index in [1.807, 2.05) is 0 Å². The number of rotatable bonds is 6. The van der Waals surface area contributed by atoms with Gasteiger partial charge in [0.15, 0.2) is 12.6 Å². The molecule has 2 fully saturated rings. The summed E-state index contributed by atoms with van der Waals surface area (Å²) in [6, 6.07) is -2.32. The minimum Gasteiger partial charge on any atom is -0.394 e. The van der Waals surface area contributed by atoms with Gasteiger partial charge in [0.2, 0.25) is 5.91 Å². The molecule has 0 radical (unpaired) electrons. The van der Waals surface area contributed by atoms with Crippen LogP contribution in [0, 0.1) is 0 Å². The molecule has 0 spiro atoms. The molecule has 2 rings (SSSR count). The first-order chi connectivity index (χ1) is 12.7. The van der Waals surface area contributed by atoms with E-state index in [2.05, 4.69) is 5.32 Å². The number of hydrogen-bond acceptors (Lipinski definition) is 11. The standard InChI is InChI=1S/C15H28N2O10/c1-5(20)17-9-11(22)12(24-2)6(3-18)26-15(9)27-13-7(4-19)25-14(23)8(16)10(13)21/h6-15,18-19,21-23H,3-4,16H2,1-2H3,(H,17,20)/t6?,7?,8?,9-,10?,11?,12+,13+,14+,15-/m0/s1. The Bertz CT molecular complexity index is 495. The van der Waals surface area contributed by atoms with E-state index < -0.39 is 80.4 Å². The molecule has 5 unspecified atom stereocenters. The zero-order valence-corrected chi connectivity index (χ0v) is 15.0. The molecule has 0 aliphatic carbocycles. The summed E-state index contributed by atoms with van der Waals surface area (Å²) in [6.45, 7) is 0.119. The van der Waals surface area contributed by atoms with Crippen molar-refractivity contribution in [2.75, 3.05) is 20.3 Å². The number of carbonyl (C=O) groups is 1. The maximum Gasteiger partial charge on any atom is 0.217 e. The molecule has 12 nitrogen and oxygen atoms in total. The number of methoxy groups -OCH3 is 1. The summed E-state index contributed by atoms with van der Waals surface area (Å²) in [7, 11) is 1.31. The number of aliphatic hydroxyl groups is 5. The lowest BCUT2D eigenvalue weighted by atomic mass is 9.95. The number of nitrogens with two attached hydrogens (primary N) is 1. The summed E-state index contributed by atoms with van der Waals surface area (Å²) in [5.74, 6) is -0.486. The Morgan fingerprint density at radius 1 is 1.07 bits per heavy atom. The molecule has 2 saturated heterocycles. The van der Waals surface area contributed by atoms with Crippen molar-refractivity contribution >= 4 is 5.91 Å². The first-order valence-electron chi connectivity index (χ1n) is 8.52. The monoisotopic (exact) mass is 396 g/mol. The average Bonchev–Trinajstić information content (AvgIpc) is 2.63.